The van der Waals surface area contributed by atoms with Crippen LogP contribution in [0.25, 0.3) is 0 Å². The number of rotatable bonds is 12. The van der Waals surface area contributed by atoms with Crippen LogP contribution in [0.2, 0.25) is 0 Å². The second kappa shape index (κ2) is 11.3. The number of benzene rings is 1. The molecule has 2 aliphatic rings. The zero-order chi connectivity index (χ0) is 24.0. The Labute approximate surface area is 199 Å². The Morgan fingerprint density at radius 2 is 1.94 bits per heavy atom. The van der Waals surface area contributed by atoms with Crippen LogP contribution in [0.3, 0.4) is 0 Å². The minimum atomic E-state index is -0.373. The Bertz CT molecular complexity index is 1060. The molecule has 3 N–H and O–H groups in total. The van der Waals surface area contributed by atoms with Crippen molar-refractivity contribution in [2.24, 2.45) is 5.92 Å². The first-order chi connectivity index (χ1) is 16.4. The Morgan fingerprint density at radius 3 is 2.68 bits per heavy atom. The van der Waals surface area contributed by atoms with E-state index in [0.717, 1.165) is 57.3 Å². The molecule has 0 amide bonds. The molecule has 2 fully saturated rings. The summed E-state index contributed by atoms with van der Waals surface area (Å²) in [5.74, 6) is 0.618. The fourth-order valence-electron chi connectivity index (χ4n) is 4.41. The first kappa shape index (κ1) is 24.6. The van der Waals surface area contributed by atoms with Gasteiger partial charge in [0.2, 0.25) is 0 Å². The van der Waals surface area contributed by atoms with Gasteiger partial charge in [-0.15, -0.1) is 0 Å². The Hall–Kier alpha value is -2.49. The topological polar surface area (TPSA) is 91.4 Å². The van der Waals surface area contributed by atoms with E-state index in [-0.39, 0.29) is 22.6 Å². The van der Waals surface area contributed by atoms with Crippen LogP contribution in [0.4, 0.5) is 4.39 Å². The van der Waals surface area contributed by atoms with Gasteiger partial charge in [0, 0.05) is 25.4 Å². The maximum absolute atomic E-state index is 14.4. The first-order valence-corrected chi connectivity index (χ1v) is 12.4. The maximum Gasteiger partial charge on any atom is 0.328 e. The van der Waals surface area contributed by atoms with Gasteiger partial charge in [0.15, 0.2) is 11.6 Å². The van der Waals surface area contributed by atoms with Crippen molar-refractivity contribution in [3.63, 3.8) is 0 Å². The predicted molar refractivity (Wildman–Crippen MR) is 129 cm³/mol. The molecule has 1 aliphatic carbocycles. The number of halogens is 1. The molecule has 1 aromatic heterocycles. The third kappa shape index (κ3) is 6.55. The first-order valence-electron chi connectivity index (χ1n) is 12.4. The fraction of sp³-hybridized carbons (Fsp3) is 0.600. The highest BCUT2D eigenvalue weighted by Gasteiger charge is 2.36. The number of aromatic nitrogens is 2. The number of ether oxygens (including phenoxy) is 1. The molecule has 2 heterocycles. The standard InChI is InChI=1S/C25H36FN5O3/c1-30-15-10-25(11-16-30,20-7-8-21(26)22(17-20)34-18-19-5-6-19)29-27-12-3-2-4-13-31-14-9-23(32)28-24(31)33/h7-9,14,17,19,27,29H,2-6,10-13,15-16,18H2,1H3,(H,28,32,33). The van der Waals surface area contributed by atoms with Gasteiger partial charge in [0.1, 0.15) is 0 Å². The molecule has 186 valence electrons. The Kier molecular flexibility index (Phi) is 8.18. The van der Waals surface area contributed by atoms with E-state index < -0.39 is 0 Å². The van der Waals surface area contributed by atoms with E-state index in [4.69, 9.17) is 4.74 Å². The van der Waals surface area contributed by atoms with Crippen molar-refractivity contribution in [2.45, 2.75) is 57.0 Å². The van der Waals surface area contributed by atoms with Crippen LogP contribution in [-0.4, -0.2) is 47.7 Å². The number of nitrogens with one attached hydrogen (secondary N) is 3. The minimum Gasteiger partial charge on any atom is -0.490 e. The lowest BCUT2D eigenvalue weighted by Crippen LogP contribution is -2.55. The number of hydrazine groups is 1. The second-order valence-electron chi connectivity index (χ2n) is 9.70. The molecule has 0 atom stereocenters. The number of hydrogen-bond acceptors (Lipinski definition) is 6. The lowest BCUT2D eigenvalue weighted by molar-refractivity contribution is 0.139. The summed E-state index contributed by atoms with van der Waals surface area (Å²) in [5.41, 5.74) is 7.01. The van der Waals surface area contributed by atoms with E-state index in [1.54, 1.807) is 0 Å². The molecule has 1 aromatic carbocycles. The molecule has 2 aromatic rings. The lowest BCUT2D eigenvalue weighted by atomic mass is 9.81. The molecule has 1 aliphatic heterocycles. The summed E-state index contributed by atoms with van der Waals surface area (Å²) in [7, 11) is 2.12. The smallest absolute Gasteiger partial charge is 0.328 e. The van der Waals surface area contributed by atoms with Crippen molar-refractivity contribution >= 4 is 0 Å². The van der Waals surface area contributed by atoms with E-state index in [0.29, 0.717) is 24.8 Å². The van der Waals surface area contributed by atoms with Crippen molar-refractivity contribution in [1.29, 1.82) is 0 Å². The summed E-state index contributed by atoms with van der Waals surface area (Å²) in [4.78, 5) is 27.5. The molecule has 1 saturated heterocycles. The van der Waals surface area contributed by atoms with Crippen LogP contribution in [0.15, 0.2) is 40.1 Å². The zero-order valence-corrected chi connectivity index (χ0v) is 19.9. The van der Waals surface area contributed by atoms with Gasteiger partial charge in [-0.1, -0.05) is 12.5 Å². The molecule has 34 heavy (non-hydrogen) atoms. The van der Waals surface area contributed by atoms with E-state index >= 15 is 0 Å². The largest absolute Gasteiger partial charge is 0.490 e. The predicted octanol–water partition coefficient (Wildman–Crippen LogP) is 2.35. The number of hydrogen-bond donors (Lipinski definition) is 3. The summed E-state index contributed by atoms with van der Waals surface area (Å²) in [5, 5.41) is 0. The van der Waals surface area contributed by atoms with Gasteiger partial charge in [0.25, 0.3) is 5.56 Å². The van der Waals surface area contributed by atoms with Gasteiger partial charge >= 0.3 is 5.69 Å². The number of aryl methyl sites for hydroxylation is 1. The van der Waals surface area contributed by atoms with Crippen LogP contribution < -0.4 is 26.8 Å². The normalized spacial score (nSPS) is 18.2. The maximum atomic E-state index is 14.4. The molecular weight excluding hydrogens is 437 g/mol. The average molecular weight is 474 g/mol. The van der Waals surface area contributed by atoms with Gasteiger partial charge in [-0.3, -0.25) is 15.2 Å². The highest BCUT2D eigenvalue weighted by molar-refractivity contribution is 5.35. The summed E-state index contributed by atoms with van der Waals surface area (Å²) in [6.45, 7) is 3.87. The van der Waals surface area contributed by atoms with Gasteiger partial charge in [-0.05, 0) is 82.3 Å². The third-order valence-corrected chi connectivity index (χ3v) is 6.92. The Morgan fingerprint density at radius 1 is 1.15 bits per heavy atom. The molecule has 4 rings (SSSR count). The van der Waals surface area contributed by atoms with E-state index in [1.165, 1.54) is 35.7 Å². The van der Waals surface area contributed by atoms with Gasteiger partial charge in [0.05, 0.1) is 12.1 Å². The molecule has 1 saturated carbocycles. The van der Waals surface area contributed by atoms with Crippen LogP contribution >= 0.6 is 0 Å². The zero-order valence-electron chi connectivity index (χ0n) is 19.9. The molecule has 8 nitrogen and oxygen atoms in total. The second-order valence-corrected chi connectivity index (χ2v) is 9.70. The van der Waals surface area contributed by atoms with E-state index in [9.17, 15) is 14.0 Å². The number of H-pyrrole nitrogens is 1. The SMILES string of the molecule is CN1CCC(NNCCCCCn2ccc(=O)[nH]c2=O)(c2ccc(F)c(OCC3CC3)c2)CC1. The van der Waals surface area contributed by atoms with Crippen molar-refractivity contribution in [3.05, 3.63) is 62.7 Å². The fourth-order valence-corrected chi connectivity index (χ4v) is 4.41. The van der Waals surface area contributed by atoms with Crippen LogP contribution in [0.1, 0.15) is 50.5 Å². The molecule has 0 radical (unpaired) electrons. The number of likely N-dealkylation sites (tertiary alicyclic amines) is 1. The van der Waals surface area contributed by atoms with Gasteiger partial charge < -0.3 is 14.2 Å². The van der Waals surface area contributed by atoms with Crippen molar-refractivity contribution in [3.8, 4) is 5.75 Å². The van der Waals surface area contributed by atoms with Crippen LogP contribution in [-0.2, 0) is 12.1 Å². The van der Waals surface area contributed by atoms with Crippen molar-refractivity contribution < 1.29 is 9.13 Å². The summed E-state index contributed by atoms with van der Waals surface area (Å²) in [6, 6.07) is 6.64. The molecule has 0 bridgehead atoms. The average Bonchev–Trinajstić information content (AvgIpc) is 3.65. The number of nitrogens with zero attached hydrogens (tertiary/aromatic N) is 2. The van der Waals surface area contributed by atoms with Crippen molar-refractivity contribution in [2.75, 3.05) is 33.3 Å². The van der Waals surface area contributed by atoms with Crippen LogP contribution in [0.5, 0.6) is 5.75 Å². The highest BCUT2D eigenvalue weighted by Crippen LogP contribution is 2.36. The van der Waals surface area contributed by atoms with E-state index in [2.05, 4.69) is 27.8 Å². The molecule has 9 heteroatoms. The van der Waals surface area contributed by atoms with Crippen LogP contribution in [0, 0.1) is 11.7 Å². The third-order valence-electron chi connectivity index (χ3n) is 6.92. The molecule has 0 unspecified atom stereocenters. The summed E-state index contributed by atoms with van der Waals surface area (Å²) >= 11 is 0. The van der Waals surface area contributed by atoms with Gasteiger partial charge in [-0.25, -0.2) is 14.6 Å². The van der Waals surface area contributed by atoms with Crippen molar-refractivity contribution in [1.82, 2.24) is 25.3 Å². The molecular formula is C25H36FN5O3. The minimum absolute atomic E-state index is 0.277. The van der Waals surface area contributed by atoms with E-state index in [1.807, 2.05) is 12.1 Å². The highest BCUT2D eigenvalue weighted by atomic mass is 19.1. The lowest BCUT2D eigenvalue weighted by Gasteiger charge is -2.42. The quantitative estimate of drug-likeness (QED) is 0.324. The Balaban J connectivity index is 1.29. The number of aromatic amines is 1. The number of unbranched alkanes of at least 4 members (excludes halogenated alkanes) is 2. The summed E-state index contributed by atoms with van der Waals surface area (Å²) in [6.07, 6.45) is 8.46. The van der Waals surface area contributed by atoms with Gasteiger partial charge in [-0.2, -0.15) is 0 Å². The summed E-state index contributed by atoms with van der Waals surface area (Å²) < 4.78 is 21.7. The monoisotopic (exact) mass is 473 g/mol. The molecule has 0 spiro atoms. The number of piperidine rings is 1.